The van der Waals surface area contributed by atoms with Crippen LogP contribution >= 0.6 is 0 Å². The van der Waals surface area contributed by atoms with Crippen LogP contribution in [0.1, 0.15) is 73.3 Å². The zero-order valence-corrected chi connectivity index (χ0v) is 28.1. The van der Waals surface area contributed by atoms with E-state index in [4.69, 9.17) is 5.11 Å². The first-order valence-electron chi connectivity index (χ1n) is 15.1. The molecule has 0 aliphatic heterocycles. The second-order valence-electron chi connectivity index (χ2n) is 11.2. The van der Waals surface area contributed by atoms with Crippen molar-refractivity contribution in [3.05, 3.63) is 84.6 Å². The van der Waals surface area contributed by atoms with Gasteiger partial charge in [0.05, 0.1) is 10.8 Å². The van der Waals surface area contributed by atoms with Gasteiger partial charge in [-0.15, -0.1) is 0 Å². The predicted molar refractivity (Wildman–Crippen MR) is 179 cm³/mol. The number of amides is 2. The molecule has 0 aliphatic rings. The minimum atomic E-state index is -3.72. The van der Waals surface area contributed by atoms with Gasteiger partial charge in [-0.25, -0.2) is 13.4 Å². The summed E-state index contributed by atoms with van der Waals surface area (Å²) in [6, 6.07) is 20.9. The van der Waals surface area contributed by atoms with Gasteiger partial charge in [0.1, 0.15) is 5.82 Å². The number of aromatic nitrogens is 1. The van der Waals surface area contributed by atoms with Gasteiger partial charge in [0.2, 0.25) is 11.8 Å². The van der Waals surface area contributed by atoms with Gasteiger partial charge in [-0.05, 0) is 61.2 Å². The highest BCUT2D eigenvalue weighted by Gasteiger charge is 2.25. The van der Waals surface area contributed by atoms with Gasteiger partial charge in [0, 0.05) is 29.8 Å². The number of rotatable bonds is 12. The minimum absolute atomic E-state index is 0.0981. The molecule has 0 bridgehead atoms. The first-order valence-corrected chi connectivity index (χ1v) is 16.5. The lowest BCUT2D eigenvalue weighted by Gasteiger charge is -2.21. The third-order valence-electron chi connectivity index (χ3n) is 7.23. The van der Waals surface area contributed by atoms with E-state index in [-0.39, 0.29) is 34.4 Å². The number of nitrogens with one attached hydrogen (secondary N) is 3. The molecule has 2 amide bonds. The molecule has 0 unspecified atom stereocenters. The van der Waals surface area contributed by atoms with Crippen molar-refractivity contribution in [3.63, 3.8) is 0 Å². The van der Waals surface area contributed by atoms with E-state index in [0.29, 0.717) is 18.7 Å². The maximum absolute atomic E-state index is 12.3. The second kappa shape index (κ2) is 19.2. The van der Waals surface area contributed by atoms with Gasteiger partial charge in [-0.3, -0.25) is 19.1 Å². The van der Waals surface area contributed by atoms with Crippen molar-refractivity contribution in [2.75, 3.05) is 10.0 Å². The van der Waals surface area contributed by atoms with Crippen LogP contribution in [0.5, 0.6) is 0 Å². The smallest absolute Gasteiger partial charge is 0.306 e. The maximum atomic E-state index is 12.3. The summed E-state index contributed by atoms with van der Waals surface area (Å²) in [6.07, 6.45) is 3.82. The normalized spacial score (nSPS) is 12.2. The van der Waals surface area contributed by atoms with Gasteiger partial charge < -0.3 is 15.7 Å². The molecule has 1 heterocycles. The Bertz CT molecular complexity index is 1430. The largest absolute Gasteiger partial charge is 0.481 e. The lowest BCUT2D eigenvalue weighted by atomic mass is 9.89. The number of pyridine rings is 1. The molecule has 246 valence electrons. The van der Waals surface area contributed by atoms with Crippen LogP contribution in [0.2, 0.25) is 0 Å². The predicted octanol–water partition coefficient (Wildman–Crippen LogP) is 6.72. The quantitative estimate of drug-likeness (QED) is 0.171. The first kappa shape index (κ1) is 38.8. The molecule has 0 aliphatic carbocycles. The molecule has 1 aromatic heterocycles. The Balaban J connectivity index is 0.000000405. The van der Waals surface area contributed by atoms with E-state index < -0.39 is 21.4 Å². The fourth-order valence-corrected chi connectivity index (χ4v) is 4.13. The third kappa shape index (κ3) is 14.4. The Morgan fingerprint density at radius 3 is 1.89 bits per heavy atom. The van der Waals surface area contributed by atoms with E-state index >= 15 is 0 Å². The number of hydrogen-bond donors (Lipinski definition) is 4. The van der Waals surface area contributed by atoms with Crippen LogP contribution in [0.25, 0.3) is 0 Å². The topological polar surface area (TPSA) is 155 Å². The fraction of sp³-hybridized carbons (Fsp3) is 0.412. The maximum Gasteiger partial charge on any atom is 0.306 e. The van der Waals surface area contributed by atoms with Crippen LogP contribution in [-0.2, 0) is 31.0 Å². The van der Waals surface area contributed by atoms with Crippen molar-refractivity contribution >= 4 is 39.3 Å². The van der Waals surface area contributed by atoms with E-state index in [1.807, 2.05) is 71.9 Å². The number of anilines is 2. The van der Waals surface area contributed by atoms with E-state index in [9.17, 15) is 22.8 Å². The van der Waals surface area contributed by atoms with Crippen LogP contribution in [0, 0.1) is 17.3 Å². The second-order valence-corrected chi connectivity index (χ2v) is 12.9. The summed E-state index contributed by atoms with van der Waals surface area (Å²) < 4.78 is 27.0. The van der Waals surface area contributed by atoms with Gasteiger partial charge in [-0.1, -0.05) is 84.9 Å². The van der Waals surface area contributed by atoms with Crippen molar-refractivity contribution in [3.8, 4) is 0 Å². The first-order chi connectivity index (χ1) is 21.2. The molecule has 0 saturated carbocycles. The number of hydrogen-bond acceptors (Lipinski definition) is 6. The highest BCUT2D eigenvalue weighted by atomic mass is 32.2. The van der Waals surface area contributed by atoms with Gasteiger partial charge in [-0.2, -0.15) is 0 Å². The van der Waals surface area contributed by atoms with Crippen LogP contribution < -0.4 is 15.4 Å². The van der Waals surface area contributed by atoms with Crippen LogP contribution in [-0.4, -0.2) is 36.3 Å². The number of carbonyl (C=O) groups is 3. The van der Waals surface area contributed by atoms with E-state index in [2.05, 4.69) is 20.3 Å². The number of aliphatic carboxylic acids is 1. The van der Waals surface area contributed by atoms with Gasteiger partial charge in [0.15, 0.2) is 0 Å². The lowest BCUT2D eigenvalue weighted by molar-refractivity contribution is -0.141. The number of benzene rings is 2. The molecule has 3 rings (SSSR count). The van der Waals surface area contributed by atoms with Crippen molar-refractivity contribution in [1.29, 1.82) is 0 Å². The molecule has 2 atom stereocenters. The summed E-state index contributed by atoms with van der Waals surface area (Å²) in [6.45, 7) is 13.8. The number of carboxylic acids is 1. The van der Waals surface area contributed by atoms with E-state index in [1.54, 1.807) is 37.3 Å². The summed E-state index contributed by atoms with van der Waals surface area (Å²) >= 11 is 0. The monoisotopic (exact) mass is 640 g/mol. The fourth-order valence-electron chi connectivity index (χ4n) is 3.12. The molecule has 45 heavy (non-hydrogen) atoms. The molecular weight excluding hydrogens is 592 g/mol. The number of sulfonamides is 1. The van der Waals surface area contributed by atoms with Crippen LogP contribution in [0.4, 0.5) is 11.5 Å². The molecular formula is C34H48N4O6S. The average molecular weight is 641 g/mol. The SMILES string of the molecule is CCC(C)(C)C(=O)Nc1ccc(S(=O)(=O)Nc2ccccn2)cc1.CC[C@H](C)C(=O)NCc1ccccc1.CC[C@H](C)C(=O)O. The molecule has 11 heteroatoms. The van der Waals surface area contributed by atoms with E-state index in [0.717, 1.165) is 18.4 Å². The van der Waals surface area contributed by atoms with Crippen molar-refractivity contribution in [2.24, 2.45) is 17.3 Å². The number of carbonyl (C=O) groups excluding carboxylic acids is 2. The summed E-state index contributed by atoms with van der Waals surface area (Å²) in [4.78, 5) is 37.5. The molecule has 0 radical (unpaired) electrons. The summed E-state index contributed by atoms with van der Waals surface area (Å²) in [7, 11) is -3.72. The Morgan fingerprint density at radius 2 is 1.42 bits per heavy atom. The van der Waals surface area contributed by atoms with Crippen LogP contribution in [0.3, 0.4) is 0 Å². The Kier molecular flexibility index (Phi) is 16.5. The highest BCUT2D eigenvalue weighted by molar-refractivity contribution is 7.92. The molecule has 2 aromatic carbocycles. The summed E-state index contributed by atoms with van der Waals surface area (Å²) in [5, 5.41) is 13.9. The molecule has 0 saturated heterocycles. The Labute approximate surface area is 268 Å². The lowest BCUT2D eigenvalue weighted by Crippen LogP contribution is -2.29. The Hall–Kier alpha value is -4.25. The zero-order valence-electron chi connectivity index (χ0n) is 27.3. The minimum Gasteiger partial charge on any atom is -0.481 e. The van der Waals surface area contributed by atoms with Gasteiger partial charge >= 0.3 is 5.97 Å². The highest BCUT2D eigenvalue weighted by Crippen LogP contribution is 2.23. The van der Waals surface area contributed by atoms with Crippen molar-refractivity contribution in [2.45, 2.75) is 79.2 Å². The molecule has 3 aromatic rings. The number of nitrogens with zero attached hydrogens (tertiary/aromatic N) is 1. The van der Waals surface area contributed by atoms with Crippen molar-refractivity contribution in [1.82, 2.24) is 10.3 Å². The third-order valence-corrected chi connectivity index (χ3v) is 8.60. The van der Waals surface area contributed by atoms with Crippen LogP contribution in [0.15, 0.2) is 83.9 Å². The van der Waals surface area contributed by atoms with Crippen molar-refractivity contribution < 1.29 is 27.9 Å². The summed E-state index contributed by atoms with van der Waals surface area (Å²) in [5.41, 5.74) is 1.22. The van der Waals surface area contributed by atoms with Gasteiger partial charge in [0.25, 0.3) is 10.0 Å². The average Bonchev–Trinajstić information content (AvgIpc) is 3.04. The summed E-state index contributed by atoms with van der Waals surface area (Å²) in [5.74, 6) is -0.496. The number of carboxylic acid groups (broad SMARTS) is 1. The molecule has 0 spiro atoms. The molecule has 4 N–H and O–H groups in total. The Morgan fingerprint density at radius 1 is 0.844 bits per heavy atom. The zero-order chi connectivity index (χ0) is 34.0. The molecule has 10 nitrogen and oxygen atoms in total. The standard InChI is InChI=1S/C17H21N3O3S.C12H17NO.C5H10O2/c1-4-17(2,3)16(21)19-13-8-10-14(11-9-13)24(22,23)20-15-7-5-6-12-18-15;1-3-10(2)12(14)13-9-11-7-5-4-6-8-11;1-3-4(2)5(6)7/h5-12H,4H2,1-3H3,(H,18,20)(H,19,21);4-8,10H,3,9H2,1-2H3,(H,13,14);4H,3H2,1-2H3,(H,6,7)/t;10-;4-/m.00/s1. The molecule has 0 fully saturated rings. The van der Waals surface area contributed by atoms with E-state index in [1.165, 1.54) is 18.3 Å².